The van der Waals surface area contributed by atoms with Crippen LogP contribution in [0.5, 0.6) is 0 Å². The van der Waals surface area contributed by atoms with Gasteiger partial charge in [0, 0.05) is 43.4 Å². The number of aromatic amines is 1. The highest BCUT2D eigenvalue weighted by atomic mass is 16.2. The maximum atomic E-state index is 12.9. The smallest absolute Gasteiger partial charge is 0.274 e. The molecule has 5 nitrogen and oxygen atoms in total. The highest BCUT2D eigenvalue weighted by Crippen LogP contribution is 2.24. The number of aromatic nitrogens is 2. The van der Waals surface area contributed by atoms with E-state index in [-0.39, 0.29) is 5.91 Å². The Labute approximate surface area is 120 Å². The molecule has 0 aromatic carbocycles. The summed E-state index contributed by atoms with van der Waals surface area (Å²) in [6.45, 7) is 6.97. The zero-order valence-electron chi connectivity index (χ0n) is 12.4. The Morgan fingerprint density at radius 2 is 2.20 bits per heavy atom. The average Bonchev–Trinajstić information content (AvgIpc) is 2.80. The van der Waals surface area contributed by atoms with Crippen LogP contribution < -0.4 is 5.32 Å². The minimum absolute atomic E-state index is 0.104. The fraction of sp³-hybridized carbons (Fsp3) is 0.733. The minimum atomic E-state index is 0.104. The number of nitrogens with zero attached hydrogens (tertiary/aromatic N) is 2. The van der Waals surface area contributed by atoms with Crippen molar-refractivity contribution in [2.24, 2.45) is 5.92 Å². The molecule has 3 heterocycles. The first-order valence-corrected chi connectivity index (χ1v) is 7.74. The van der Waals surface area contributed by atoms with Crippen molar-refractivity contribution in [1.29, 1.82) is 0 Å². The van der Waals surface area contributed by atoms with Crippen LogP contribution in [0.15, 0.2) is 0 Å². The summed E-state index contributed by atoms with van der Waals surface area (Å²) >= 11 is 0. The van der Waals surface area contributed by atoms with Gasteiger partial charge in [-0.05, 0) is 25.7 Å². The fourth-order valence-electron chi connectivity index (χ4n) is 3.35. The molecule has 0 spiro atoms. The van der Waals surface area contributed by atoms with Gasteiger partial charge in [0.25, 0.3) is 5.91 Å². The van der Waals surface area contributed by atoms with Gasteiger partial charge in [0.1, 0.15) is 0 Å². The number of hydrogen-bond donors (Lipinski definition) is 2. The monoisotopic (exact) mass is 276 g/mol. The maximum Gasteiger partial charge on any atom is 0.274 e. The fourth-order valence-corrected chi connectivity index (χ4v) is 3.35. The van der Waals surface area contributed by atoms with Gasteiger partial charge in [0.05, 0.1) is 0 Å². The lowest BCUT2D eigenvalue weighted by Gasteiger charge is -2.28. The van der Waals surface area contributed by atoms with E-state index in [2.05, 4.69) is 29.4 Å². The molecule has 1 aromatic rings. The summed E-state index contributed by atoms with van der Waals surface area (Å²) in [5.41, 5.74) is 2.83. The quantitative estimate of drug-likeness (QED) is 0.821. The summed E-state index contributed by atoms with van der Waals surface area (Å²) in [7, 11) is 0. The van der Waals surface area contributed by atoms with Gasteiger partial charge in [-0.2, -0.15) is 5.10 Å². The summed E-state index contributed by atoms with van der Waals surface area (Å²) in [5, 5.41) is 10.7. The van der Waals surface area contributed by atoms with E-state index in [1.165, 1.54) is 12.8 Å². The average molecular weight is 276 g/mol. The second-order valence-corrected chi connectivity index (χ2v) is 6.30. The van der Waals surface area contributed by atoms with Crippen molar-refractivity contribution in [3.8, 4) is 0 Å². The van der Waals surface area contributed by atoms with Crippen LogP contribution >= 0.6 is 0 Å². The number of H-pyrrole nitrogens is 1. The number of hydrogen-bond acceptors (Lipinski definition) is 3. The lowest BCUT2D eigenvalue weighted by molar-refractivity contribution is 0.0670. The molecule has 1 amide bonds. The number of rotatable bonds is 1. The molecule has 0 bridgehead atoms. The predicted octanol–water partition coefficient (Wildman–Crippen LogP) is 1.71. The van der Waals surface area contributed by atoms with Crippen LogP contribution in [0, 0.1) is 5.92 Å². The van der Waals surface area contributed by atoms with Crippen molar-refractivity contribution < 1.29 is 4.79 Å². The summed E-state index contributed by atoms with van der Waals surface area (Å²) < 4.78 is 0. The van der Waals surface area contributed by atoms with Gasteiger partial charge in [-0.25, -0.2) is 0 Å². The molecule has 110 valence electrons. The zero-order chi connectivity index (χ0) is 14.1. The van der Waals surface area contributed by atoms with Gasteiger partial charge in [0.15, 0.2) is 5.69 Å². The molecule has 2 atom stereocenters. The molecule has 2 unspecified atom stereocenters. The molecule has 2 N–H and O–H groups in total. The summed E-state index contributed by atoms with van der Waals surface area (Å²) in [5.74, 6) is 0.684. The molecule has 20 heavy (non-hydrogen) atoms. The second-order valence-electron chi connectivity index (χ2n) is 6.30. The largest absolute Gasteiger partial charge is 0.334 e. The maximum absolute atomic E-state index is 12.9. The Kier molecular flexibility index (Phi) is 3.78. The van der Waals surface area contributed by atoms with Gasteiger partial charge >= 0.3 is 0 Å². The van der Waals surface area contributed by atoms with E-state index in [9.17, 15) is 4.79 Å². The van der Waals surface area contributed by atoms with Gasteiger partial charge in [0.2, 0.25) is 0 Å². The predicted molar refractivity (Wildman–Crippen MR) is 77.5 cm³/mol. The van der Waals surface area contributed by atoms with E-state index in [4.69, 9.17) is 0 Å². The van der Waals surface area contributed by atoms with E-state index in [0.717, 1.165) is 43.7 Å². The van der Waals surface area contributed by atoms with Crippen molar-refractivity contribution in [2.75, 3.05) is 13.1 Å². The third-order valence-corrected chi connectivity index (χ3v) is 4.63. The lowest BCUT2D eigenvalue weighted by atomic mass is 10.1. The SMILES string of the molecule is CC1CCCC(C)N(C(=O)c2n[nH]c3c2CNCC3)C1. The van der Waals surface area contributed by atoms with E-state index < -0.39 is 0 Å². The Morgan fingerprint density at radius 3 is 3.05 bits per heavy atom. The van der Waals surface area contributed by atoms with Crippen molar-refractivity contribution >= 4 is 5.91 Å². The van der Waals surface area contributed by atoms with Gasteiger partial charge in [-0.3, -0.25) is 9.89 Å². The van der Waals surface area contributed by atoms with Crippen LogP contribution in [-0.4, -0.2) is 40.1 Å². The molecule has 2 aliphatic rings. The molecule has 0 aliphatic carbocycles. The van der Waals surface area contributed by atoms with Crippen LogP contribution in [0.2, 0.25) is 0 Å². The normalized spacial score (nSPS) is 27.0. The van der Waals surface area contributed by atoms with Crippen molar-refractivity contribution in [3.63, 3.8) is 0 Å². The third-order valence-electron chi connectivity index (χ3n) is 4.63. The minimum Gasteiger partial charge on any atom is -0.334 e. The van der Waals surface area contributed by atoms with E-state index in [1.54, 1.807) is 0 Å². The first kappa shape index (κ1) is 13.6. The molecule has 5 heteroatoms. The van der Waals surface area contributed by atoms with Gasteiger partial charge < -0.3 is 10.2 Å². The van der Waals surface area contributed by atoms with Gasteiger partial charge in [-0.15, -0.1) is 0 Å². The molecule has 1 aromatic heterocycles. The van der Waals surface area contributed by atoms with Crippen LogP contribution in [0.1, 0.15) is 54.9 Å². The third kappa shape index (κ3) is 2.46. The van der Waals surface area contributed by atoms with Crippen LogP contribution in [0.25, 0.3) is 0 Å². The molecule has 0 radical (unpaired) electrons. The molecule has 1 fully saturated rings. The highest BCUT2D eigenvalue weighted by molar-refractivity contribution is 5.94. The molecular weight excluding hydrogens is 252 g/mol. The van der Waals surface area contributed by atoms with Gasteiger partial charge in [-0.1, -0.05) is 13.3 Å². The summed E-state index contributed by atoms with van der Waals surface area (Å²) in [6.07, 6.45) is 4.46. The number of carbonyl (C=O) groups excluding carboxylic acids is 1. The molecule has 2 aliphatic heterocycles. The molecule has 3 rings (SSSR count). The Bertz CT molecular complexity index is 496. The van der Waals surface area contributed by atoms with Crippen LogP contribution in [-0.2, 0) is 13.0 Å². The Morgan fingerprint density at radius 1 is 1.35 bits per heavy atom. The van der Waals surface area contributed by atoms with Crippen LogP contribution in [0.3, 0.4) is 0 Å². The second kappa shape index (κ2) is 5.56. The standard InChI is InChI=1S/C15H24N4O/c1-10-4-3-5-11(2)19(9-10)15(20)14-12-8-16-7-6-13(12)17-18-14/h10-11,16H,3-9H2,1-2H3,(H,17,18). The molecule has 0 saturated carbocycles. The Balaban J connectivity index is 1.85. The number of carbonyl (C=O) groups is 1. The number of fused-ring (bicyclic) bond motifs is 1. The molecular formula is C15H24N4O. The van der Waals surface area contributed by atoms with Crippen molar-refractivity contribution in [1.82, 2.24) is 20.4 Å². The lowest BCUT2D eigenvalue weighted by Crippen LogP contribution is -2.40. The first-order valence-electron chi connectivity index (χ1n) is 7.74. The first-order chi connectivity index (χ1) is 9.66. The van der Waals surface area contributed by atoms with Crippen molar-refractivity contribution in [3.05, 3.63) is 17.0 Å². The van der Waals surface area contributed by atoms with E-state index >= 15 is 0 Å². The summed E-state index contributed by atoms with van der Waals surface area (Å²) in [6, 6.07) is 0.316. The van der Waals surface area contributed by atoms with Crippen molar-refractivity contribution in [2.45, 2.75) is 52.1 Å². The van der Waals surface area contributed by atoms with E-state index in [0.29, 0.717) is 17.7 Å². The Hall–Kier alpha value is -1.36. The molecule has 1 saturated heterocycles. The number of likely N-dealkylation sites (tertiary alicyclic amines) is 1. The topological polar surface area (TPSA) is 61.0 Å². The van der Waals surface area contributed by atoms with Crippen LogP contribution in [0.4, 0.5) is 0 Å². The number of amides is 1. The zero-order valence-corrected chi connectivity index (χ0v) is 12.4. The highest BCUT2D eigenvalue weighted by Gasteiger charge is 2.30. The number of nitrogens with one attached hydrogen (secondary N) is 2. The summed E-state index contributed by atoms with van der Waals surface area (Å²) in [4.78, 5) is 14.9. The van der Waals surface area contributed by atoms with E-state index in [1.807, 2.05) is 4.90 Å².